The Morgan fingerprint density at radius 2 is 1.37 bits per heavy atom. The molecule has 8 heteroatoms. The van der Waals surface area contributed by atoms with Gasteiger partial charge in [0, 0.05) is 32.0 Å². The smallest absolute Gasteiger partial charge is 0.261 e. The Kier molecular flexibility index (Phi) is 11.1. The molecule has 0 heterocycles. The quantitative estimate of drug-likeness (QED) is 0.151. The number of hydrogen-bond acceptors (Lipinski definition) is 6. The van der Waals surface area contributed by atoms with Gasteiger partial charge < -0.3 is 10.2 Å². The summed E-state index contributed by atoms with van der Waals surface area (Å²) in [6.45, 7) is 5.08. The lowest BCUT2D eigenvalue weighted by molar-refractivity contribution is 0.600. The van der Waals surface area contributed by atoms with Crippen molar-refractivity contribution in [2.45, 2.75) is 63.7 Å². The van der Waals surface area contributed by atoms with Gasteiger partial charge in [-0.25, -0.2) is 8.42 Å². The predicted octanol–water partition coefficient (Wildman–Crippen LogP) is 8.30. The van der Waals surface area contributed by atoms with Crippen LogP contribution in [0.3, 0.4) is 0 Å². The summed E-state index contributed by atoms with van der Waals surface area (Å²) in [4.78, 5) is 2.20. The molecule has 0 unspecified atom stereocenters. The molecule has 3 aromatic carbocycles. The number of hydrogen-bond donors (Lipinski definition) is 2. The van der Waals surface area contributed by atoms with Crippen LogP contribution in [0.2, 0.25) is 0 Å². The zero-order valence-electron chi connectivity index (χ0n) is 23.1. The summed E-state index contributed by atoms with van der Waals surface area (Å²) in [5, 5.41) is 11.8. The first-order chi connectivity index (χ1) is 18.3. The van der Waals surface area contributed by atoms with Gasteiger partial charge in [-0.2, -0.15) is 10.2 Å². The van der Waals surface area contributed by atoms with Crippen LogP contribution < -0.4 is 14.9 Å². The number of nitrogens with zero attached hydrogens (tertiary/aromatic N) is 3. The molecule has 2 N–H and O–H groups in total. The fraction of sp³-hybridized carbons (Fsp3) is 0.400. The molecule has 204 valence electrons. The molecule has 38 heavy (non-hydrogen) atoms. The van der Waals surface area contributed by atoms with E-state index in [0.717, 1.165) is 48.4 Å². The molecule has 0 atom stereocenters. The number of unbranched alkanes of at least 4 members (excludes halogenated alkanes) is 5. The largest absolute Gasteiger partial charge is 0.385 e. The molecular weight excluding hydrogens is 494 g/mol. The number of benzene rings is 3. The van der Waals surface area contributed by atoms with E-state index in [1.165, 1.54) is 25.7 Å². The van der Waals surface area contributed by atoms with E-state index in [-0.39, 0.29) is 4.90 Å². The molecule has 3 aromatic rings. The molecule has 0 saturated heterocycles. The van der Waals surface area contributed by atoms with E-state index in [1.807, 2.05) is 62.3 Å². The van der Waals surface area contributed by atoms with Crippen molar-refractivity contribution >= 4 is 38.5 Å². The molecule has 0 aliphatic heterocycles. The molecule has 7 nitrogen and oxygen atoms in total. The van der Waals surface area contributed by atoms with Gasteiger partial charge >= 0.3 is 0 Å². The van der Waals surface area contributed by atoms with Gasteiger partial charge in [0.15, 0.2) is 0 Å². The lowest BCUT2D eigenvalue weighted by atomic mass is 10.0. The highest BCUT2D eigenvalue weighted by atomic mass is 32.2. The lowest BCUT2D eigenvalue weighted by Crippen LogP contribution is -2.14. The normalized spacial score (nSPS) is 11.6. The van der Waals surface area contributed by atoms with Gasteiger partial charge in [-0.15, -0.1) is 0 Å². The zero-order valence-corrected chi connectivity index (χ0v) is 23.9. The van der Waals surface area contributed by atoms with Crippen molar-refractivity contribution in [3.63, 3.8) is 0 Å². The van der Waals surface area contributed by atoms with Crippen molar-refractivity contribution in [1.29, 1.82) is 0 Å². The van der Waals surface area contributed by atoms with Crippen LogP contribution in [0, 0.1) is 0 Å². The topological polar surface area (TPSA) is 86.2 Å². The van der Waals surface area contributed by atoms with Crippen LogP contribution in [0.25, 0.3) is 0 Å². The molecule has 0 amide bonds. The van der Waals surface area contributed by atoms with Crippen molar-refractivity contribution in [2.75, 3.05) is 35.6 Å². The summed E-state index contributed by atoms with van der Waals surface area (Å²) in [5.74, 6) is 0. The SMILES string of the molecule is CCCCCCCCc1cc(NCC)ccc1NS(=O)(=O)c1ccc(N=Nc2ccc(N(C)C)cc2)cc1. The Morgan fingerprint density at radius 3 is 1.97 bits per heavy atom. The average molecular weight is 536 g/mol. The maximum Gasteiger partial charge on any atom is 0.261 e. The predicted molar refractivity (Wildman–Crippen MR) is 160 cm³/mol. The molecular formula is C30H41N5O2S. The number of sulfonamides is 1. The third-order valence-corrected chi connectivity index (χ3v) is 7.71. The number of aryl methyl sites for hydroxylation is 1. The maximum atomic E-state index is 13.2. The summed E-state index contributed by atoms with van der Waals surface area (Å²) in [7, 11) is 0.217. The third kappa shape index (κ3) is 8.87. The van der Waals surface area contributed by atoms with E-state index in [2.05, 4.69) is 33.3 Å². The van der Waals surface area contributed by atoms with Crippen molar-refractivity contribution in [2.24, 2.45) is 10.2 Å². The summed E-state index contributed by atoms with van der Waals surface area (Å²) < 4.78 is 29.2. The molecule has 3 rings (SSSR count). The van der Waals surface area contributed by atoms with Crippen LogP contribution >= 0.6 is 0 Å². The van der Waals surface area contributed by atoms with Crippen molar-refractivity contribution in [3.05, 3.63) is 72.3 Å². The summed E-state index contributed by atoms with van der Waals surface area (Å²) in [6.07, 6.45) is 7.98. The van der Waals surface area contributed by atoms with Gasteiger partial charge in [-0.3, -0.25) is 4.72 Å². The molecule has 0 aromatic heterocycles. The minimum Gasteiger partial charge on any atom is -0.385 e. The van der Waals surface area contributed by atoms with E-state index < -0.39 is 10.0 Å². The van der Waals surface area contributed by atoms with E-state index in [4.69, 9.17) is 0 Å². The monoisotopic (exact) mass is 535 g/mol. The van der Waals surface area contributed by atoms with Crippen molar-refractivity contribution in [1.82, 2.24) is 0 Å². The zero-order chi connectivity index (χ0) is 27.4. The van der Waals surface area contributed by atoms with Crippen LogP contribution in [0.5, 0.6) is 0 Å². The minimum atomic E-state index is -3.75. The first-order valence-corrected chi connectivity index (χ1v) is 15.0. The van der Waals surface area contributed by atoms with Gasteiger partial charge in [0.25, 0.3) is 10.0 Å². The van der Waals surface area contributed by atoms with Crippen LogP contribution in [0.4, 0.5) is 28.4 Å². The first-order valence-electron chi connectivity index (χ1n) is 13.5. The van der Waals surface area contributed by atoms with Crippen molar-refractivity contribution < 1.29 is 8.42 Å². The second-order valence-corrected chi connectivity index (χ2v) is 11.3. The van der Waals surface area contributed by atoms with Crippen LogP contribution in [-0.4, -0.2) is 29.1 Å². The summed E-state index contributed by atoms with van der Waals surface area (Å²) in [5.41, 5.74) is 5.03. The van der Waals surface area contributed by atoms with Gasteiger partial charge in [0.2, 0.25) is 0 Å². The Balaban J connectivity index is 1.69. The molecule has 0 aliphatic carbocycles. The van der Waals surface area contributed by atoms with Crippen molar-refractivity contribution in [3.8, 4) is 0 Å². The van der Waals surface area contributed by atoms with Crippen LogP contribution in [0.15, 0.2) is 81.9 Å². The van der Waals surface area contributed by atoms with E-state index in [1.54, 1.807) is 24.3 Å². The number of anilines is 3. The second kappa shape index (κ2) is 14.5. The van der Waals surface area contributed by atoms with Gasteiger partial charge in [0.1, 0.15) is 0 Å². The fourth-order valence-corrected chi connectivity index (χ4v) is 5.24. The third-order valence-electron chi connectivity index (χ3n) is 6.32. The Labute approximate surface area is 228 Å². The van der Waals surface area contributed by atoms with Crippen LogP contribution in [0.1, 0.15) is 57.9 Å². The Morgan fingerprint density at radius 1 is 0.763 bits per heavy atom. The van der Waals surface area contributed by atoms with Gasteiger partial charge in [-0.1, -0.05) is 39.0 Å². The van der Waals surface area contributed by atoms with Gasteiger partial charge in [-0.05, 0) is 92.1 Å². The van der Waals surface area contributed by atoms with E-state index >= 15 is 0 Å². The highest BCUT2D eigenvalue weighted by Gasteiger charge is 2.16. The molecule has 0 saturated carbocycles. The molecule has 0 fully saturated rings. The average Bonchev–Trinajstić information content (AvgIpc) is 2.91. The number of azo groups is 1. The summed E-state index contributed by atoms with van der Waals surface area (Å²) >= 11 is 0. The number of rotatable bonds is 15. The minimum absolute atomic E-state index is 0.188. The second-order valence-electron chi connectivity index (χ2n) is 9.63. The fourth-order valence-electron chi connectivity index (χ4n) is 4.14. The highest BCUT2D eigenvalue weighted by molar-refractivity contribution is 7.92. The maximum absolute atomic E-state index is 13.2. The summed E-state index contributed by atoms with van der Waals surface area (Å²) in [6, 6.07) is 20.0. The highest BCUT2D eigenvalue weighted by Crippen LogP contribution is 2.27. The van der Waals surface area contributed by atoms with Crippen LogP contribution in [-0.2, 0) is 16.4 Å². The molecule has 0 spiro atoms. The molecule has 0 radical (unpaired) electrons. The van der Waals surface area contributed by atoms with E-state index in [9.17, 15) is 8.42 Å². The standard InChI is InChI=1S/C30H41N5O2S/c1-5-7-8-9-10-11-12-24-23-27(31-6-2)17-22-30(24)34-38(36,37)29-20-15-26(16-21-29)33-32-25-13-18-28(19-14-25)35(3)4/h13-23,31,34H,5-12H2,1-4H3. The number of nitrogens with one attached hydrogen (secondary N) is 2. The molecule has 0 aliphatic rings. The Hall–Kier alpha value is -3.39. The first kappa shape index (κ1) is 29.2. The van der Waals surface area contributed by atoms with E-state index in [0.29, 0.717) is 11.4 Å². The lowest BCUT2D eigenvalue weighted by Gasteiger charge is -2.15. The Bertz CT molecular complexity index is 1270. The van der Waals surface area contributed by atoms with Gasteiger partial charge in [0.05, 0.1) is 22.0 Å². The molecule has 0 bridgehead atoms.